The molecule has 120 valence electrons. The molecule has 2 atom stereocenters. The van der Waals surface area contributed by atoms with Crippen molar-refractivity contribution in [1.29, 1.82) is 0 Å². The van der Waals surface area contributed by atoms with Crippen molar-refractivity contribution in [3.8, 4) is 0 Å². The van der Waals surface area contributed by atoms with Gasteiger partial charge in [0.05, 0.1) is 5.69 Å². The summed E-state index contributed by atoms with van der Waals surface area (Å²) in [5.74, 6) is 0.675. The topological polar surface area (TPSA) is 32.7 Å². The third-order valence-corrected chi connectivity index (χ3v) is 5.80. The van der Waals surface area contributed by atoms with Gasteiger partial charge in [-0.15, -0.1) is 0 Å². The molecule has 0 N–H and O–H groups in total. The van der Waals surface area contributed by atoms with E-state index < -0.39 is 0 Å². The number of amides is 1. The van der Waals surface area contributed by atoms with Crippen molar-refractivity contribution in [2.24, 2.45) is 4.99 Å². The second-order valence-electron chi connectivity index (χ2n) is 7.08. The quantitative estimate of drug-likeness (QED) is 0.785. The number of rotatable bonds is 1. The third kappa shape index (κ3) is 2.04. The number of likely N-dealkylation sites (tertiary alicyclic amines) is 1. The monoisotopic (exact) mass is 316 g/mol. The average Bonchev–Trinajstić information content (AvgIpc) is 3.24. The lowest BCUT2D eigenvalue weighted by atomic mass is 9.88. The van der Waals surface area contributed by atoms with Crippen LogP contribution in [0.4, 0.5) is 5.69 Å². The highest BCUT2D eigenvalue weighted by molar-refractivity contribution is 5.96. The van der Waals surface area contributed by atoms with Crippen molar-refractivity contribution in [2.75, 3.05) is 6.54 Å². The number of aliphatic imine (C=N–C) groups is 1. The van der Waals surface area contributed by atoms with Crippen molar-refractivity contribution in [2.45, 2.75) is 37.6 Å². The minimum absolute atomic E-state index is 0.169. The highest BCUT2D eigenvalue weighted by Crippen LogP contribution is 2.42. The lowest BCUT2D eigenvalue weighted by Crippen LogP contribution is -2.46. The molecular weight excluding hydrogens is 296 g/mol. The van der Waals surface area contributed by atoms with Gasteiger partial charge in [0.25, 0.3) is 5.91 Å². The molecule has 3 heteroatoms. The molecule has 1 saturated heterocycles. The molecule has 2 heterocycles. The fourth-order valence-electron chi connectivity index (χ4n) is 4.63. The van der Waals surface area contributed by atoms with Gasteiger partial charge in [-0.3, -0.25) is 9.79 Å². The van der Waals surface area contributed by atoms with E-state index in [-0.39, 0.29) is 5.91 Å². The van der Waals surface area contributed by atoms with Crippen molar-refractivity contribution in [3.63, 3.8) is 0 Å². The predicted molar refractivity (Wildman–Crippen MR) is 95.2 cm³/mol. The first kappa shape index (κ1) is 14.0. The highest BCUT2D eigenvalue weighted by Gasteiger charge is 2.40. The van der Waals surface area contributed by atoms with Gasteiger partial charge in [-0.1, -0.05) is 30.3 Å². The van der Waals surface area contributed by atoms with Crippen LogP contribution < -0.4 is 0 Å². The number of hydrogen-bond donors (Lipinski definition) is 0. The maximum Gasteiger partial charge on any atom is 0.254 e. The summed E-state index contributed by atoms with van der Waals surface area (Å²) in [5.41, 5.74) is 5.84. The molecule has 0 bridgehead atoms. The lowest BCUT2D eigenvalue weighted by molar-refractivity contribution is 0.0595. The Kier molecular flexibility index (Phi) is 3.09. The minimum Gasteiger partial charge on any atom is -0.335 e. The Morgan fingerprint density at radius 3 is 3.00 bits per heavy atom. The normalized spacial score (nSPS) is 23.8. The van der Waals surface area contributed by atoms with E-state index in [9.17, 15) is 4.79 Å². The predicted octanol–water partition coefficient (Wildman–Crippen LogP) is 3.89. The fraction of sp³-hybridized carbons (Fsp3) is 0.333. The van der Waals surface area contributed by atoms with Crippen LogP contribution in [0.5, 0.6) is 0 Å². The zero-order valence-electron chi connectivity index (χ0n) is 13.6. The molecule has 0 aromatic heterocycles. The summed E-state index contributed by atoms with van der Waals surface area (Å²) in [7, 11) is 0. The Morgan fingerprint density at radius 1 is 1.12 bits per heavy atom. The van der Waals surface area contributed by atoms with Gasteiger partial charge >= 0.3 is 0 Å². The van der Waals surface area contributed by atoms with Gasteiger partial charge in [0, 0.05) is 36.7 Å². The number of carbonyl (C=O) groups is 1. The van der Waals surface area contributed by atoms with Crippen LogP contribution in [0, 0.1) is 0 Å². The van der Waals surface area contributed by atoms with Crippen molar-refractivity contribution < 1.29 is 4.79 Å². The molecule has 3 aliphatic rings. The van der Waals surface area contributed by atoms with Crippen molar-refractivity contribution in [1.82, 2.24) is 4.90 Å². The number of fused-ring (bicyclic) bond motifs is 4. The SMILES string of the molecule is O=C(c1ccc2c(c1)N=CC2)N1CCC[C@@H]2c3ccccc3C[C@@H]21. The Bertz CT molecular complexity index is 855. The molecule has 24 heavy (non-hydrogen) atoms. The Labute approximate surface area is 142 Å². The maximum atomic E-state index is 13.2. The summed E-state index contributed by atoms with van der Waals surface area (Å²) in [6.07, 6.45) is 6.08. The molecule has 0 saturated carbocycles. The summed E-state index contributed by atoms with van der Waals surface area (Å²) in [4.78, 5) is 19.7. The maximum absolute atomic E-state index is 13.2. The van der Waals surface area contributed by atoms with Gasteiger partial charge in [-0.25, -0.2) is 0 Å². The molecule has 5 rings (SSSR count). The van der Waals surface area contributed by atoms with Crippen LogP contribution in [0.25, 0.3) is 0 Å². The first-order valence-corrected chi connectivity index (χ1v) is 8.85. The van der Waals surface area contributed by atoms with E-state index in [0.29, 0.717) is 12.0 Å². The van der Waals surface area contributed by atoms with E-state index in [2.05, 4.69) is 40.2 Å². The van der Waals surface area contributed by atoms with Gasteiger partial charge < -0.3 is 4.90 Å². The van der Waals surface area contributed by atoms with Gasteiger partial charge in [-0.2, -0.15) is 0 Å². The van der Waals surface area contributed by atoms with E-state index in [1.54, 1.807) is 0 Å². The number of benzene rings is 2. The van der Waals surface area contributed by atoms with Crippen LogP contribution >= 0.6 is 0 Å². The number of piperidine rings is 1. The number of carbonyl (C=O) groups excluding carboxylic acids is 1. The average molecular weight is 316 g/mol. The lowest BCUT2D eigenvalue weighted by Gasteiger charge is -2.38. The van der Waals surface area contributed by atoms with Crippen LogP contribution in [0.2, 0.25) is 0 Å². The number of hydrogen-bond acceptors (Lipinski definition) is 2. The van der Waals surface area contributed by atoms with E-state index in [4.69, 9.17) is 0 Å². The molecule has 3 nitrogen and oxygen atoms in total. The summed E-state index contributed by atoms with van der Waals surface area (Å²) in [6.45, 7) is 0.869. The molecule has 1 amide bonds. The summed E-state index contributed by atoms with van der Waals surface area (Å²) in [6, 6.07) is 15.0. The standard InChI is InChI=1S/C21H20N2O/c24-21(16-8-7-14-9-10-22-19(14)12-16)23-11-3-6-18-17-5-2-1-4-15(17)13-20(18)23/h1-2,4-5,7-8,10,12,18,20H,3,6,9,11,13H2/t18-,20+/m1/s1. The van der Waals surface area contributed by atoms with Crippen LogP contribution in [-0.2, 0) is 12.8 Å². The zero-order chi connectivity index (χ0) is 16.1. The van der Waals surface area contributed by atoms with E-state index >= 15 is 0 Å². The Hall–Kier alpha value is -2.42. The van der Waals surface area contributed by atoms with Gasteiger partial charge in [0.1, 0.15) is 0 Å². The second-order valence-corrected chi connectivity index (χ2v) is 7.08. The smallest absolute Gasteiger partial charge is 0.254 e. The molecule has 2 aliphatic heterocycles. The molecule has 1 aliphatic carbocycles. The number of nitrogens with zero attached hydrogens (tertiary/aromatic N) is 2. The van der Waals surface area contributed by atoms with Crippen LogP contribution in [0.1, 0.15) is 45.8 Å². The molecule has 0 radical (unpaired) electrons. The van der Waals surface area contributed by atoms with E-state index in [1.165, 1.54) is 23.1 Å². The minimum atomic E-state index is 0.169. The van der Waals surface area contributed by atoms with Crippen LogP contribution in [-0.4, -0.2) is 29.6 Å². The second kappa shape index (κ2) is 5.30. The van der Waals surface area contributed by atoms with E-state index in [1.807, 2.05) is 18.3 Å². The zero-order valence-corrected chi connectivity index (χ0v) is 13.6. The van der Waals surface area contributed by atoms with Crippen LogP contribution in [0.15, 0.2) is 47.5 Å². The highest BCUT2D eigenvalue weighted by atomic mass is 16.2. The summed E-state index contributed by atoms with van der Waals surface area (Å²) in [5, 5.41) is 0. The molecular formula is C21H20N2O. The van der Waals surface area contributed by atoms with Crippen LogP contribution in [0.3, 0.4) is 0 Å². The van der Waals surface area contributed by atoms with Gasteiger partial charge in [-0.05, 0) is 48.1 Å². The molecule has 2 aromatic carbocycles. The van der Waals surface area contributed by atoms with Crippen molar-refractivity contribution >= 4 is 17.8 Å². The molecule has 1 fully saturated rings. The Morgan fingerprint density at radius 2 is 2.04 bits per heavy atom. The Balaban J connectivity index is 1.47. The molecule has 0 spiro atoms. The summed E-state index contributed by atoms with van der Waals surface area (Å²) < 4.78 is 0. The first-order valence-electron chi connectivity index (χ1n) is 8.85. The largest absolute Gasteiger partial charge is 0.335 e. The van der Waals surface area contributed by atoms with Gasteiger partial charge in [0.2, 0.25) is 0 Å². The fourth-order valence-corrected chi connectivity index (χ4v) is 4.63. The van der Waals surface area contributed by atoms with E-state index in [0.717, 1.165) is 37.1 Å². The summed E-state index contributed by atoms with van der Waals surface area (Å²) >= 11 is 0. The molecule has 0 unspecified atom stereocenters. The third-order valence-electron chi connectivity index (χ3n) is 5.80. The van der Waals surface area contributed by atoms with Crippen molar-refractivity contribution in [3.05, 3.63) is 64.7 Å². The van der Waals surface area contributed by atoms with Gasteiger partial charge in [0.15, 0.2) is 0 Å². The molecule has 2 aromatic rings. The first-order chi connectivity index (χ1) is 11.8.